The van der Waals surface area contributed by atoms with Crippen molar-refractivity contribution in [1.82, 2.24) is 0 Å². The largest absolute Gasteiger partial charge is 0.465 e. The van der Waals surface area contributed by atoms with Gasteiger partial charge in [0, 0.05) is 11.6 Å². The number of halogens is 3. The summed E-state index contributed by atoms with van der Waals surface area (Å²) in [6.45, 7) is 2.55. The molecule has 0 bridgehead atoms. The van der Waals surface area contributed by atoms with Gasteiger partial charge in [-0.2, -0.15) is 0 Å². The van der Waals surface area contributed by atoms with E-state index in [1.54, 1.807) is 0 Å². The van der Waals surface area contributed by atoms with Crippen molar-refractivity contribution in [2.24, 2.45) is 0 Å². The average molecular weight is 260 g/mol. The number of rotatable bonds is 4. The third kappa shape index (κ3) is 2.88. The number of carbonyl (C=O) groups excluding carboxylic acids is 2. The van der Waals surface area contributed by atoms with E-state index < -0.39 is 40.7 Å². The van der Waals surface area contributed by atoms with E-state index in [1.165, 1.54) is 6.92 Å². The molecule has 0 aliphatic rings. The first-order valence-corrected chi connectivity index (χ1v) is 5.20. The lowest BCUT2D eigenvalue weighted by molar-refractivity contribution is -0.147. The molecule has 18 heavy (non-hydrogen) atoms. The van der Waals surface area contributed by atoms with Crippen molar-refractivity contribution in [3.8, 4) is 0 Å². The zero-order chi connectivity index (χ0) is 13.9. The predicted octanol–water partition coefficient (Wildman–Crippen LogP) is 2.34. The molecule has 1 aromatic carbocycles. The van der Waals surface area contributed by atoms with Crippen LogP contribution in [0.3, 0.4) is 0 Å². The van der Waals surface area contributed by atoms with E-state index in [2.05, 4.69) is 4.74 Å². The van der Waals surface area contributed by atoms with Crippen molar-refractivity contribution in [1.29, 1.82) is 0 Å². The quantitative estimate of drug-likeness (QED) is 0.474. The third-order valence-electron chi connectivity index (χ3n) is 2.28. The molecule has 1 atom stereocenters. The highest BCUT2D eigenvalue weighted by Crippen LogP contribution is 2.24. The molecule has 1 aromatic rings. The van der Waals surface area contributed by atoms with Crippen molar-refractivity contribution in [3.63, 3.8) is 0 Å². The van der Waals surface area contributed by atoms with E-state index in [0.29, 0.717) is 12.1 Å². The Morgan fingerprint density at radius 2 is 1.72 bits per heavy atom. The minimum absolute atomic E-state index is 0.00604. The number of Topliss-reactive ketones (excluding diaryl/α,β-unsaturated/α-hetero) is 1. The van der Waals surface area contributed by atoms with E-state index >= 15 is 0 Å². The van der Waals surface area contributed by atoms with E-state index in [9.17, 15) is 22.8 Å². The molecule has 0 aromatic heterocycles. The lowest BCUT2D eigenvalue weighted by atomic mass is 9.95. The molecule has 0 saturated carbocycles. The van der Waals surface area contributed by atoms with Gasteiger partial charge >= 0.3 is 5.97 Å². The number of esters is 1. The van der Waals surface area contributed by atoms with Gasteiger partial charge in [-0.15, -0.1) is 0 Å². The fourth-order valence-corrected chi connectivity index (χ4v) is 1.50. The second-order valence-corrected chi connectivity index (χ2v) is 3.58. The monoisotopic (exact) mass is 260 g/mol. The molecule has 0 aliphatic carbocycles. The van der Waals surface area contributed by atoms with Crippen LogP contribution in [0.4, 0.5) is 13.2 Å². The Hall–Kier alpha value is -1.85. The Kier molecular flexibility index (Phi) is 4.47. The smallest absolute Gasteiger partial charge is 0.321 e. The molecule has 0 aliphatic heterocycles. The molecule has 0 spiro atoms. The van der Waals surface area contributed by atoms with Crippen LogP contribution in [0.5, 0.6) is 0 Å². The Labute approximate surface area is 102 Å². The molecule has 98 valence electrons. The number of ether oxygens (including phenoxy) is 1. The summed E-state index contributed by atoms with van der Waals surface area (Å²) in [6.07, 6.45) is 0. The summed E-state index contributed by atoms with van der Waals surface area (Å²) >= 11 is 0. The molecule has 0 N–H and O–H groups in total. The summed E-state index contributed by atoms with van der Waals surface area (Å²) in [6, 6.07) is 0.785. The number of hydrogen-bond acceptors (Lipinski definition) is 3. The van der Waals surface area contributed by atoms with Gasteiger partial charge in [0.25, 0.3) is 0 Å². The van der Waals surface area contributed by atoms with Crippen molar-refractivity contribution in [2.45, 2.75) is 19.8 Å². The fourth-order valence-electron chi connectivity index (χ4n) is 1.50. The van der Waals surface area contributed by atoms with Gasteiger partial charge in [-0.1, -0.05) is 0 Å². The zero-order valence-electron chi connectivity index (χ0n) is 9.80. The van der Waals surface area contributed by atoms with Gasteiger partial charge in [-0.25, -0.2) is 13.2 Å². The number of ketones is 1. The maximum Gasteiger partial charge on any atom is 0.321 e. The summed E-state index contributed by atoms with van der Waals surface area (Å²) in [5.41, 5.74) is -0.528. The van der Waals surface area contributed by atoms with E-state index in [4.69, 9.17) is 0 Å². The summed E-state index contributed by atoms with van der Waals surface area (Å²) < 4.78 is 43.9. The highest BCUT2D eigenvalue weighted by Gasteiger charge is 2.30. The highest BCUT2D eigenvalue weighted by atomic mass is 19.2. The van der Waals surface area contributed by atoms with E-state index in [0.717, 1.165) is 6.92 Å². The predicted molar refractivity (Wildman–Crippen MR) is 56.4 cm³/mol. The number of carbonyl (C=O) groups is 2. The highest BCUT2D eigenvalue weighted by molar-refractivity contribution is 6.03. The first-order valence-electron chi connectivity index (χ1n) is 5.20. The SMILES string of the molecule is CCOC(=O)C(C(C)=O)c1cc(F)c(F)cc1F. The molecule has 1 rings (SSSR count). The van der Waals surface area contributed by atoms with Crippen LogP contribution in [-0.4, -0.2) is 18.4 Å². The van der Waals surface area contributed by atoms with Gasteiger partial charge in [-0.05, 0) is 19.9 Å². The molecule has 3 nitrogen and oxygen atoms in total. The van der Waals surface area contributed by atoms with Crippen LogP contribution in [0.2, 0.25) is 0 Å². The molecule has 0 heterocycles. The maximum absolute atomic E-state index is 13.5. The van der Waals surface area contributed by atoms with Crippen LogP contribution in [0.15, 0.2) is 12.1 Å². The second-order valence-electron chi connectivity index (χ2n) is 3.58. The zero-order valence-corrected chi connectivity index (χ0v) is 9.80. The van der Waals surface area contributed by atoms with Gasteiger partial charge in [0.1, 0.15) is 17.5 Å². The van der Waals surface area contributed by atoms with E-state index in [1.807, 2.05) is 0 Å². The van der Waals surface area contributed by atoms with Crippen LogP contribution in [-0.2, 0) is 14.3 Å². The van der Waals surface area contributed by atoms with Gasteiger partial charge < -0.3 is 4.74 Å². The van der Waals surface area contributed by atoms with Crippen molar-refractivity contribution in [2.75, 3.05) is 6.61 Å². The topological polar surface area (TPSA) is 43.4 Å². The van der Waals surface area contributed by atoms with Crippen molar-refractivity contribution < 1.29 is 27.5 Å². The molecule has 0 fully saturated rings. The standard InChI is InChI=1S/C12H11F3O3/c1-3-18-12(17)11(6(2)16)7-4-9(14)10(15)5-8(7)13/h4-5,11H,3H2,1-2H3. The minimum atomic E-state index is -1.58. The molecule has 0 radical (unpaired) electrons. The van der Waals surface area contributed by atoms with Crippen LogP contribution in [0, 0.1) is 17.5 Å². The first-order chi connectivity index (χ1) is 8.38. The Balaban J connectivity index is 3.26. The van der Waals surface area contributed by atoms with Gasteiger partial charge in [0.15, 0.2) is 11.6 Å². The Morgan fingerprint density at radius 1 is 1.17 bits per heavy atom. The molecule has 0 saturated heterocycles. The normalized spacial score (nSPS) is 12.1. The van der Waals surface area contributed by atoms with Crippen LogP contribution in [0.25, 0.3) is 0 Å². The summed E-state index contributed by atoms with van der Waals surface area (Å²) in [5, 5.41) is 0. The summed E-state index contributed by atoms with van der Waals surface area (Å²) in [4.78, 5) is 22.8. The number of hydrogen-bond donors (Lipinski definition) is 0. The Bertz CT molecular complexity index is 486. The van der Waals surface area contributed by atoms with Crippen molar-refractivity contribution in [3.05, 3.63) is 35.1 Å². The number of benzene rings is 1. The molecule has 6 heteroatoms. The lowest BCUT2D eigenvalue weighted by Gasteiger charge is -2.14. The molecule has 1 unspecified atom stereocenters. The fraction of sp³-hybridized carbons (Fsp3) is 0.333. The maximum atomic E-state index is 13.5. The van der Waals surface area contributed by atoms with Crippen LogP contribution in [0.1, 0.15) is 25.3 Å². The second kappa shape index (κ2) is 5.66. The van der Waals surface area contributed by atoms with Crippen molar-refractivity contribution >= 4 is 11.8 Å². The summed E-state index contributed by atoms with van der Waals surface area (Å²) in [5.74, 6) is -7.17. The van der Waals surface area contributed by atoms with Gasteiger partial charge in [0.2, 0.25) is 0 Å². The van der Waals surface area contributed by atoms with E-state index in [-0.39, 0.29) is 6.61 Å². The minimum Gasteiger partial charge on any atom is -0.465 e. The summed E-state index contributed by atoms with van der Waals surface area (Å²) in [7, 11) is 0. The Morgan fingerprint density at radius 3 is 2.22 bits per heavy atom. The molecular formula is C12H11F3O3. The van der Waals surface area contributed by atoms with Gasteiger partial charge in [0.05, 0.1) is 6.61 Å². The van der Waals surface area contributed by atoms with Crippen LogP contribution < -0.4 is 0 Å². The average Bonchev–Trinajstić information content (AvgIpc) is 2.25. The van der Waals surface area contributed by atoms with Crippen LogP contribution >= 0.6 is 0 Å². The van der Waals surface area contributed by atoms with Gasteiger partial charge in [-0.3, -0.25) is 9.59 Å². The first kappa shape index (κ1) is 14.2. The molecule has 0 amide bonds. The lowest BCUT2D eigenvalue weighted by Crippen LogP contribution is -2.23. The molecular weight excluding hydrogens is 249 g/mol. The third-order valence-corrected chi connectivity index (χ3v) is 2.28.